The SMILES string of the molecule is CN(c1ccnc(C2CC2)n1)C1CCCN(c2ccc(C#N)cc2Cl)C1. The molecule has 1 aromatic carbocycles. The second kappa shape index (κ2) is 7.13. The van der Waals surface area contributed by atoms with Crippen LogP contribution in [-0.4, -0.2) is 36.1 Å². The van der Waals surface area contributed by atoms with E-state index in [9.17, 15) is 0 Å². The second-order valence-electron chi connectivity index (χ2n) is 7.18. The van der Waals surface area contributed by atoms with Crippen molar-refractivity contribution in [2.45, 2.75) is 37.6 Å². The Morgan fingerprint density at radius 1 is 1.27 bits per heavy atom. The predicted octanol–water partition coefficient (Wildman–Crippen LogP) is 3.98. The van der Waals surface area contributed by atoms with Gasteiger partial charge in [0, 0.05) is 38.3 Å². The number of halogens is 1. The first-order valence-corrected chi connectivity index (χ1v) is 9.54. The number of piperidine rings is 1. The highest BCUT2D eigenvalue weighted by Gasteiger charge is 2.29. The third kappa shape index (κ3) is 3.47. The number of hydrogen-bond donors (Lipinski definition) is 0. The van der Waals surface area contributed by atoms with Crippen LogP contribution in [0.2, 0.25) is 5.02 Å². The lowest BCUT2D eigenvalue weighted by molar-refractivity contribution is 0.485. The van der Waals surface area contributed by atoms with Crippen molar-refractivity contribution >= 4 is 23.1 Å². The van der Waals surface area contributed by atoms with Crippen LogP contribution >= 0.6 is 11.6 Å². The van der Waals surface area contributed by atoms with Crippen LogP contribution in [0.15, 0.2) is 30.5 Å². The van der Waals surface area contributed by atoms with Crippen LogP contribution in [-0.2, 0) is 0 Å². The molecule has 1 unspecified atom stereocenters. The van der Waals surface area contributed by atoms with Gasteiger partial charge in [0.1, 0.15) is 11.6 Å². The zero-order valence-electron chi connectivity index (χ0n) is 14.9. The van der Waals surface area contributed by atoms with Gasteiger partial charge in [0.25, 0.3) is 0 Å². The summed E-state index contributed by atoms with van der Waals surface area (Å²) in [5.41, 5.74) is 1.60. The summed E-state index contributed by atoms with van der Waals surface area (Å²) in [7, 11) is 2.12. The average Bonchev–Trinajstić information content (AvgIpc) is 3.53. The smallest absolute Gasteiger partial charge is 0.133 e. The molecule has 134 valence electrons. The van der Waals surface area contributed by atoms with Gasteiger partial charge in [-0.05, 0) is 49.9 Å². The lowest BCUT2D eigenvalue weighted by atomic mass is 10.0. The zero-order valence-corrected chi connectivity index (χ0v) is 15.7. The first-order chi connectivity index (χ1) is 12.7. The lowest BCUT2D eigenvalue weighted by Gasteiger charge is -2.39. The molecule has 1 aromatic heterocycles. The normalized spacial score (nSPS) is 19.9. The van der Waals surface area contributed by atoms with E-state index >= 15 is 0 Å². The van der Waals surface area contributed by atoms with E-state index in [0.717, 1.165) is 43.3 Å². The molecule has 26 heavy (non-hydrogen) atoms. The Morgan fingerprint density at radius 2 is 2.12 bits per heavy atom. The predicted molar refractivity (Wildman–Crippen MR) is 104 cm³/mol. The van der Waals surface area contributed by atoms with Gasteiger partial charge in [-0.25, -0.2) is 9.97 Å². The molecule has 1 atom stereocenters. The molecule has 6 heteroatoms. The van der Waals surface area contributed by atoms with Gasteiger partial charge in [0.15, 0.2) is 0 Å². The summed E-state index contributed by atoms with van der Waals surface area (Å²) in [6.45, 7) is 1.87. The van der Waals surface area contributed by atoms with Crippen LogP contribution in [0, 0.1) is 11.3 Å². The van der Waals surface area contributed by atoms with Crippen molar-refractivity contribution in [2.75, 3.05) is 29.9 Å². The number of hydrogen-bond acceptors (Lipinski definition) is 5. The van der Waals surface area contributed by atoms with Gasteiger partial charge >= 0.3 is 0 Å². The van der Waals surface area contributed by atoms with E-state index in [-0.39, 0.29) is 0 Å². The van der Waals surface area contributed by atoms with E-state index in [1.165, 1.54) is 12.8 Å². The van der Waals surface area contributed by atoms with Crippen molar-refractivity contribution < 1.29 is 0 Å². The molecule has 1 saturated carbocycles. The minimum absolute atomic E-state index is 0.373. The molecule has 1 aliphatic carbocycles. The Morgan fingerprint density at radius 3 is 2.85 bits per heavy atom. The van der Waals surface area contributed by atoms with E-state index in [2.05, 4.69) is 27.9 Å². The van der Waals surface area contributed by atoms with Crippen LogP contribution < -0.4 is 9.80 Å². The van der Waals surface area contributed by atoms with Crippen molar-refractivity contribution in [2.24, 2.45) is 0 Å². The van der Waals surface area contributed by atoms with Crippen molar-refractivity contribution in [3.63, 3.8) is 0 Å². The minimum Gasteiger partial charge on any atom is -0.368 e. The minimum atomic E-state index is 0.373. The fourth-order valence-corrected chi connectivity index (χ4v) is 3.91. The van der Waals surface area contributed by atoms with Crippen LogP contribution in [0.5, 0.6) is 0 Å². The maximum absolute atomic E-state index is 9.03. The van der Waals surface area contributed by atoms with Crippen LogP contribution in [0.1, 0.15) is 43.0 Å². The Hall–Kier alpha value is -2.32. The third-order valence-corrected chi connectivity index (χ3v) is 5.63. The highest BCUT2D eigenvalue weighted by atomic mass is 35.5. The molecule has 1 aliphatic heterocycles. The fourth-order valence-electron chi connectivity index (χ4n) is 3.61. The summed E-state index contributed by atoms with van der Waals surface area (Å²) in [5, 5.41) is 9.67. The van der Waals surface area contributed by atoms with Gasteiger partial charge in [-0.1, -0.05) is 11.6 Å². The van der Waals surface area contributed by atoms with E-state index in [4.69, 9.17) is 21.8 Å². The topological polar surface area (TPSA) is 56.1 Å². The summed E-state index contributed by atoms with van der Waals surface area (Å²) in [6.07, 6.45) is 6.53. The number of benzene rings is 1. The molecule has 0 radical (unpaired) electrons. The Balaban J connectivity index is 1.51. The van der Waals surface area contributed by atoms with Gasteiger partial charge in [0.2, 0.25) is 0 Å². The number of nitrogens with zero attached hydrogens (tertiary/aromatic N) is 5. The summed E-state index contributed by atoms with van der Waals surface area (Å²) < 4.78 is 0. The molecular weight excluding hydrogens is 346 g/mol. The van der Waals surface area contributed by atoms with E-state index in [0.29, 0.717) is 22.5 Å². The Labute approximate surface area is 159 Å². The number of aromatic nitrogens is 2. The van der Waals surface area contributed by atoms with Crippen molar-refractivity contribution in [1.82, 2.24) is 9.97 Å². The van der Waals surface area contributed by atoms with Gasteiger partial charge in [-0.15, -0.1) is 0 Å². The number of nitriles is 1. The highest BCUT2D eigenvalue weighted by Crippen LogP contribution is 2.38. The molecule has 2 aliphatic rings. The molecule has 1 saturated heterocycles. The summed E-state index contributed by atoms with van der Waals surface area (Å²) in [5.74, 6) is 2.54. The van der Waals surface area contributed by atoms with E-state index in [1.54, 1.807) is 6.07 Å². The largest absolute Gasteiger partial charge is 0.368 e. The Bertz CT molecular complexity index is 842. The summed E-state index contributed by atoms with van der Waals surface area (Å²) >= 11 is 6.42. The van der Waals surface area contributed by atoms with E-state index in [1.807, 2.05) is 24.4 Å². The molecule has 2 aromatic rings. The molecule has 0 amide bonds. The van der Waals surface area contributed by atoms with Crippen molar-refractivity contribution in [1.29, 1.82) is 5.26 Å². The zero-order chi connectivity index (χ0) is 18.1. The average molecular weight is 368 g/mol. The quantitative estimate of drug-likeness (QED) is 0.817. The standard InChI is InChI=1S/C20H22ClN5/c1-25(19-8-9-23-20(24-19)15-5-6-15)16-3-2-10-26(13-16)18-7-4-14(12-22)11-17(18)21/h4,7-9,11,15-16H,2-3,5-6,10,13H2,1H3. The first-order valence-electron chi connectivity index (χ1n) is 9.16. The molecule has 0 N–H and O–H groups in total. The molecule has 0 spiro atoms. The maximum Gasteiger partial charge on any atom is 0.133 e. The molecule has 0 bridgehead atoms. The van der Waals surface area contributed by atoms with Crippen molar-refractivity contribution in [3.8, 4) is 6.07 Å². The highest BCUT2D eigenvalue weighted by molar-refractivity contribution is 6.33. The van der Waals surface area contributed by atoms with Gasteiger partial charge < -0.3 is 9.80 Å². The van der Waals surface area contributed by atoms with Crippen LogP contribution in [0.25, 0.3) is 0 Å². The molecule has 2 fully saturated rings. The van der Waals surface area contributed by atoms with Crippen molar-refractivity contribution in [3.05, 3.63) is 46.9 Å². The number of likely N-dealkylation sites (N-methyl/N-ethyl adjacent to an activating group) is 1. The Kier molecular flexibility index (Phi) is 4.69. The maximum atomic E-state index is 9.03. The molecule has 5 nitrogen and oxygen atoms in total. The van der Waals surface area contributed by atoms with E-state index < -0.39 is 0 Å². The lowest BCUT2D eigenvalue weighted by Crippen LogP contribution is -2.47. The van der Waals surface area contributed by atoms with Crippen LogP contribution in [0.3, 0.4) is 0 Å². The number of rotatable bonds is 4. The monoisotopic (exact) mass is 367 g/mol. The fraction of sp³-hybridized carbons (Fsp3) is 0.450. The second-order valence-corrected chi connectivity index (χ2v) is 7.59. The van der Waals surface area contributed by atoms with Crippen LogP contribution in [0.4, 0.5) is 11.5 Å². The summed E-state index contributed by atoms with van der Waals surface area (Å²) in [4.78, 5) is 13.8. The molecule has 2 heterocycles. The molecule has 4 rings (SSSR count). The first kappa shape index (κ1) is 17.1. The number of anilines is 2. The third-order valence-electron chi connectivity index (χ3n) is 5.33. The summed E-state index contributed by atoms with van der Waals surface area (Å²) in [6, 6.07) is 10.1. The van der Waals surface area contributed by atoms with Gasteiger partial charge in [-0.2, -0.15) is 5.26 Å². The molecular formula is C20H22ClN5. The van der Waals surface area contributed by atoms with Gasteiger partial charge in [0.05, 0.1) is 22.3 Å². The van der Waals surface area contributed by atoms with Gasteiger partial charge in [-0.3, -0.25) is 0 Å².